The molecule has 1 N–H and O–H groups in total. The van der Waals surface area contributed by atoms with Gasteiger partial charge in [0.25, 0.3) is 0 Å². The Morgan fingerprint density at radius 3 is 2.41 bits per heavy atom. The third kappa shape index (κ3) is 5.58. The van der Waals surface area contributed by atoms with Crippen molar-refractivity contribution in [2.75, 3.05) is 32.5 Å². The molecule has 2 aromatic carbocycles. The number of carbonyl (C=O) groups is 1. The van der Waals surface area contributed by atoms with E-state index in [2.05, 4.69) is 43.3 Å². The molecule has 3 rings (SSSR count). The molecule has 1 aliphatic rings. The van der Waals surface area contributed by atoms with Crippen LogP contribution in [0.5, 0.6) is 0 Å². The number of nitrogens with zero attached hydrogens (tertiary/aromatic N) is 3. The molecule has 0 saturated carbocycles. The third-order valence-electron chi connectivity index (χ3n) is 5.14. The maximum absolute atomic E-state index is 12.8. The van der Waals surface area contributed by atoms with Crippen molar-refractivity contribution in [2.24, 2.45) is 11.0 Å². The molecule has 154 valence electrons. The van der Waals surface area contributed by atoms with Crippen LogP contribution in [0.1, 0.15) is 37.3 Å². The zero-order valence-electron chi connectivity index (χ0n) is 17.5. The molecule has 2 aromatic rings. The van der Waals surface area contributed by atoms with E-state index in [1.165, 1.54) is 5.56 Å². The first-order chi connectivity index (χ1) is 13.8. The first kappa shape index (κ1) is 21.3. The van der Waals surface area contributed by atoms with Crippen LogP contribution in [0.25, 0.3) is 0 Å². The number of benzene rings is 2. The number of urea groups is 1. The first-order valence-electron chi connectivity index (χ1n) is 10.0. The smallest absolute Gasteiger partial charge is 0.309 e. The molecule has 0 aromatic heterocycles. The number of amides is 2. The molecule has 1 aliphatic heterocycles. The fourth-order valence-corrected chi connectivity index (χ4v) is 3.50. The predicted molar refractivity (Wildman–Crippen MR) is 121 cm³/mol. The van der Waals surface area contributed by atoms with Crippen molar-refractivity contribution < 1.29 is 4.79 Å². The van der Waals surface area contributed by atoms with Crippen LogP contribution in [0, 0.1) is 5.92 Å². The lowest BCUT2D eigenvalue weighted by Crippen LogP contribution is -2.31. The van der Waals surface area contributed by atoms with Crippen molar-refractivity contribution in [3.8, 4) is 0 Å². The number of nitrogens with one attached hydrogen (secondary N) is 1. The summed E-state index contributed by atoms with van der Waals surface area (Å²) in [7, 11) is 4.11. The summed E-state index contributed by atoms with van der Waals surface area (Å²) in [6.07, 6.45) is 0.932. The Bertz CT molecular complexity index is 859. The highest BCUT2D eigenvalue weighted by Gasteiger charge is 2.31. The molecule has 0 bridgehead atoms. The minimum absolute atomic E-state index is 0.188. The van der Waals surface area contributed by atoms with E-state index in [9.17, 15) is 4.79 Å². The number of rotatable bonds is 6. The van der Waals surface area contributed by atoms with Crippen molar-refractivity contribution in [1.82, 2.24) is 9.91 Å². The lowest BCUT2D eigenvalue weighted by atomic mass is 9.94. The first-order valence-corrected chi connectivity index (χ1v) is 10.4. The van der Waals surface area contributed by atoms with Crippen LogP contribution in [0.4, 0.5) is 10.5 Å². The van der Waals surface area contributed by atoms with Gasteiger partial charge in [0.05, 0.1) is 12.3 Å². The molecule has 0 fully saturated rings. The van der Waals surface area contributed by atoms with Crippen LogP contribution in [0.15, 0.2) is 53.6 Å². The van der Waals surface area contributed by atoms with Gasteiger partial charge >= 0.3 is 6.03 Å². The second kappa shape index (κ2) is 9.42. The van der Waals surface area contributed by atoms with E-state index in [1.54, 1.807) is 5.01 Å². The molecular formula is C23H29ClN4O. The van der Waals surface area contributed by atoms with Crippen LogP contribution in [-0.2, 0) is 0 Å². The number of anilines is 1. The topological polar surface area (TPSA) is 47.9 Å². The summed E-state index contributed by atoms with van der Waals surface area (Å²) in [6.45, 7) is 5.81. The Balaban J connectivity index is 1.75. The lowest BCUT2D eigenvalue weighted by Gasteiger charge is -2.17. The number of hydrogen-bond donors (Lipinski definition) is 1. The van der Waals surface area contributed by atoms with Crippen LogP contribution in [0.2, 0.25) is 5.02 Å². The van der Waals surface area contributed by atoms with Gasteiger partial charge in [0.15, 0.2) is 0 Å². The van der Waals surface area contributed by atoms with Gasteiger partial charge < -0.3 is 10.2 Å². The predicted octanol–water partition coefficient (Wildman–Crippen LogP) is 5.28. The average Bonchev–Trinajstić information content (AvgIpc) is 3.12. The van der Waals surface area contributed by atoms with Gasteiger partial charge in [-0.2, -0.15) is 5.10 Å². The van der Waals surface area contributed by atoms with Gasteiger partial charge in [0.2, 0.25) is 0 Å². The van der Waals surface area contributed by atoms with Gasteiger partial charge in [-0.1, -0.05) is 49.7 Å². The van der Waals surface area contributed by atoms with E-state index in [-0.39, 0.29) is 11.9 Å². The Morgan fingerprint density at radius 1 is 1.17 bits per heavy atom. The van der Waals surface area contributed by atoms with E-state index in [0.29, 0.717) is 17.5 Å². The van der Waals surface area contributed by atoms with Gasteiger partial charge in [-0.25, -0.2) is 9.80 Å². The summed E-state index contributed by atoms with van der Waals surface area (Å²) in [6, 6.07) is 15.4. The molecule has 1 atom stereocenters. The van der Waals surface area contributed by atoms with E-state index in [0.717, 1.165) is 29.9 Å². The van der Waals surface area contributed by atoms with Crippen molar-refractivity contribution >= 4 is 29.0 Å². The highest BCUT2D eigenvalue weighted by Crippen LogP contribution is 2.25. The van der Waals surface area contributed by atoms with Crippen LogP contribution in [-0.4, -0.2) is 48.8 Å². The summed E-state index contributed by atoms with van der Waals surface area (Å²) in [4.78, 5) is 15.0. The Morgan fingerprint density at radius 2 is 1.83 bits per heavy atom. The molecule has 0 saturated heterocycles. The summed E-state index contributed by atoms with van der Waals surface area (Å²) in [5.74, 6) is 0.648. The van der Waals surface area contributed by atoms with E-state index >= 15 is 0 Å². The molecule has 6 heteroatoms. The molecule has 29 heavy (non-hydrogen) atoms. The second-order valence-corrected chi connectivity index (χ2v) is 8.51. The average molecular weight is 413 g/mol. The van der Waals surface area contributed by atoms with Gasteiger partial charge in [-0.3, -0.25) is 0 Å². The fraction of sp³-hybridized carbons (Fsp3) is 0.391. The molecule has 1 unspecified atom stereocenters. The minimum Gasteiger partial charge on any atom is -0.309 e. The van der Waals surface area contributed by atoms with Crippen LogP contribution < -0.4 is 5.32 Å². The van der Waals surface area contributed by atoms with Crippen molar-refractivity contribution in [3.05, 3.63) is 64.7 Å². The molecule has 0 spiro atoms. The molecule has 0 radical (unpaired) electrons. The highest BCUT2D eigenvalue weighted by molar-refractivity contribution is 6.30. The highest BCUT2D eigenvalue weighted by atomic mass is 35.5. The molecule has 0 aliphatic carbocycles. The number of hydrazone groups is 1. The van der Waals surface area contributed by atoms with Crippen molar-refractivity contribution in [2.45, 2.75) is 26.2 Å². The summed E-state index contributed by atoms with van der Waals surface area (Å²) in [5.41, 5.74) is 3.97. The van der Waals surface area contributed by atoms with Gasteiger partial charge in [-0.05, 0) is 68.4 Å². The van der Waals surface area contributed by atoms with Crippen molar-refractivity contribution in [1.29, 1.82) is 0 Å². The van der Waals surface area contributed by atoms with Crippen LogP contribution >= 0.6 is 11.6 Å². The van der Waals surface area contributed by atoms with E-state index in [1.807, 2.05) is 48.5 Å². The van der Waals surface area contributed by atoms with Crippen LogP contribution in [0.3, 0.4) is 0 Å². The summed E-state index contributed by atoms with van der Waals surface area (Å²) >= 11 is 6.04. The van der Waals surface area contributed by atoms with Gasteiger partial charge in [-0.15, -0.1) is 0 Å². The van der Waals surface area contributed by atoms with Crippen molar-refractivity contribution in [3.63, 3.8) is 0 Å². The largest absolute Gasteiger partial charge is 0.342 e. The van der Waals surface area contributed by atoms with E-state index < -0.39 is 0 Å². The summed E-state index contributed by atoms with van der Waals surface area (Å²) in [5, 5.41) is 9.86. The Hall–Kier alpha value is -2.37. The maximum atomic E-state index is 12.8. The minimum atomic E-state index is -0.207. The number of hydrogen-bond acceptors (Lipinski definition) is 3. The number of halogens is 1. The molecule has 5 nitrogen and oxygen atoms in total. The summed E-state index contributed by atoms with van der Waals surface area (Å²) < 4.78 is 0. The Kier molecular flexibility index (Phi) is 6.93. The van der Waals surface area contributed by atoms with Gasteiger partial charge in [0, 0.05) is 16.6 Å². The normalized spacial score (nSPS) is 16.4. The maximum Gasteiger partial charge on any atom is 0.342 e. The molecular weight excluding hydrogens is 384 g/mol. The molecule has 2 amide bonds. The zero-order chi connectivity index (χ0) is 21.0. The van der Waals surface area contributed by atoms with Gasteiger partial charge in [0.1, 0.15) is 0 Å². The lowest BCUT2D eigenvalue weighted by molar-refractivity contribution is 0.214. The van der Waals surface area contributed by atoms with E-state index in [4.69, 9.17) is 11.6 Å². The SMILES string of the molecule is CC(C)c1ccc(NC(=O)N2CC(CCN(C)C)C(c3ccc(Cl)cc3)=N2)cc1. The quantitative estimate of drug-likeness (QED) is 0.701. The standard InChI is InChI=1S/C23H29ClN4O/c1-16(2)17-7-11-21(12-8-17)25-23(29)28-15-19(13-14-27(3)4)22(26-28)18-5-9-20(24)10-6-18/h5-12,16,19H,13-15H2,1-4H3,(H,25,29). The zero-order valence-corrected chi connectivity index (χ0v) is 18.3. The second-order valence-electron chi connectivity index (χ2n) is 8.07. The monoisotopic (exact) mass is 412 g/mol. The molecule has 1 heterocycles. The Labute approximate surface area is 178 Å². The number of carbonyl (C=O) groups excluding carboxylic acids is 1. The fourth-order valence-electron chi connectivity index (χ4n) is 3.37. The third-order valence-corrected chi connectivity index (χ3v) is 5.39.